The summed E-state index contributed by atoms with van der Waals surface area (Å²) in [5, 5.41) is 9.77. The van der Waals surface area contributed by atoms with E-state index in [9.17, 15) is 14.4 Å². The van der Waals surface area contributed by atoms with Gasteiger partial charge in [-0.25, -0.2) is 4.79 Å². The van der Waals surface area contributed by atoms with Crippen molar-refractivity contribution in [2.75, 3.05) is 25.1 Å². The summed E-state index contributed by atoms with van der Waals surface area (Å²) in [5.74, 6) is -1.06. The molecule has 0 unspecified atom stereocenters. The van der Waals surface area contributed by atoms with Gasteiger partial charge in [0.25, 0.3) is 11.5 Å². The number of anilines is 1. The van der Waals surface area contributed by atoms with Gasteiger partial charge >= 0.3 is 5.97 Å². The van der Waals surface area contributed by atoms with Crippen LogP contribution in [0.3, 0.4) is 0 Å². The average Bonchev–Trinajstić information content (AvgIpc) is 3.12. The number of hydrogen-bond donors (Lipinski definition) is 1. The van der Waals surface area contributed by atoms with Crippen molar-refractivity contribution in [2.24, 2.45) is 0 Å². The number of aromatic nitrogens is 2. The molecule has 0 saturated carbocycles. The van der Waals surface area contributed by atoms with E-state index in [1.165, 1.54) is 0 Å². The molecule has 0 saturated heterocycles. The summed E-state index contributed by atoms with van der Waals surface area (Å²) in [7, 11) is 0. The molecule has 10 heteroatoms. The number of rotatable bonds is 7. The number of nitrogens with one attached hydrogen (secondary N) is 1. The van der Waals surface area contributed by atoms with Crippen molar-refractivity contribution in [3.63, 3.8) is 0 Å². The molecule has 0 spiro atoms. The standard InChI is InChI=1S/C19H18ClN3O5S/c1-3-27-9-14(24)21-17-15-13(10-29-17)16(19(26)28-4-2)22-23(18(15)25)12-7-5-11(20)6-8-12/h5-8,10H,3-4,9H2,1-2H3,(H,21,24). The molecule has 8 nitrogen and oxygen atoms in total. The molecule has 3 rings (SSSR count). The molecule has 29 heavy (non-hydrogen) atoms. The molecule has 0 fully saturated rings. The Morgan fingerprint density at radius 3 is 2.59 bits per heavy atom. The van der Waals surface area contributed by atoms with Gasteiger partial charge in [-0.15, -0.1) is 11.3 Å². The molecular weight excluding hydrogens is 418 g/mol. The fourth-order valence-corrected chi connectivity index (χ4v) is 3.69. The monoisotopic (exact) mass is 435 g/mol. The van der Waals surface area contributed by atoms with Crippen LogP contribution in [0.5, 0.6) is 0 Å². The van der Waals surface area contributed by atoms with Gasteiger partial charge in [-0.2, -0.15) is 9.78 Å². The smallest absolute Gasteiger partial charge is 0.359 e. The minimum atomic E-state index is -0.662. The SMILES string of the molecule is CCOCC(=O)Nc1scc2c(C(=O)OCC)nn(-c3ccc(Cl)cc3)c(=O)c12. The van der Waals surface area contributed by atoms with Crippen LogP contribution in [-0.4, -0.2) is 41.5 Å². The first-order chi connectivity index (χ1) is 14.0. The van der Waals surface area contributed by atoms with Gasteiger partial charge in [-0.1, -0.05) is 11.6 Å². The Bertz CT molecular complexity index is 1110. The van der Waals surface area contributed by atoms with Gasteiger partial charge in [-0.3, -0.25) is 9.59 Å². The Balaban J connectivity index is 2.18. The van der Waals surface area contributed by atoms with Crippen LogP contribution in [-0.2, 0) is 14.3 Å². The minimum Gasteiger partial charge on any atom is -0.461 e. The third kappa shape index (κ3) is 4.47. The first-order valence-electron chi connectivity index (χ1n) is 8.81. The predicted octanol–water partition coefficient (Wildman–Crippen LogP) is 3.25. The van der Waals surface area contributed by atoms with Crippen LogP contribution in [0.2, 0.25) is 5.02 Å². The van der Waals surface area contributed by atoms with E-state index in [-0.39, 0.29) is 24.3 Å². The van der Waals surface area contributed by atoms with Crippen molar-refractivity contribution in [3.8, 4) is 5.69 Å². The fourth-order valence-electron chi connectivity index (χ4n) is 2.61. The van der Waals surface area contributed by atoms with Crippen LogP contribution in [0, 0.1) is 0 Å². The van der Waals surface area contributed by atoms with Crippen LogP contribution < -0.4 is 10.9 Å². The summed E-state index contributed by atoms with van der Waals surface area (Å²) < 4.78 is 11.3. The van der Waals surface area contributed by atoms with E-state index in [1.807, 2.05) is 0 Å². The Kier molecular flexibility index (Phi) is 6.63. The number of hydrogen-bond acceptors (Lipinski definition) is 7. The molecule has 0 aliphatic heterocycles. The third-order valence-corrected chi connectivity index (χ3v) is 5.03. The van der Waals surface area contributed by atoms with Crippen molar-refractivity contribution >= 4 is 50.6 Å². The number of fused-ring (bicyclic) bond motifs is 1. The molecule has 3 aromatic rings. The number of nitrogens with zero attached hydrogens (tertiary/aromatic N) is 2. The summed E-state index contributed by atoms with van der Waals surface area (Å²) in [6.07, 6.45) is 0. The zero-order valence-electron chi connectivity index (χ0n) is 15.7. The second-order valence-corrected chi connectivity index (χ2v) is 7.12. The summed E-state index contributed by atoms with van der Waals surface area (Å²) in [5.41, 5.74) is -0.0778. The predicted molar refractivity (Wildman–Crippen MR) is 111 cm³/mol. The van der Waals surface area contributed by atoms with Gasteiger partial charge < -0.3 is 14.8 Å². The number of ether oxygens (including phenoxy) is 2. The molecule has 0 radical (unpaired) electrons. The zero-order valence-corrected chi connectivity index (χ0v) is 17.3. The Morgan fingerprint density at radius 1 is 1.21 bits per heavy atom. The van der Waals surface area contributed by atoms with Crippen LogP contribution in [0.4, 0.5) is 5.00 Å². The van der Waals surface area contributed by atoms with Gasteiger partial charge in [0.1, 0.15) is 11.6 Å². The zero-order chi connectivity index (χ0) is 21.0. The van der Waals surface area contributed by atoms with E-state index in [2.05, 4.69) is 10.4 Å². The Hall–Kier alpha value is -2.75. The van der Waals surface area contributed by atoms with Crippen LogP contribution >= 0.6 is 22.9 Å². The van der Waals surface area contributed by atoms with Gasteiger partial charge in [0, 0.05) is 22.4 Å². The first-order valence-corrected chi connectivity index (χ1v) is 10.1. The van der Waals surface area contributed by atoms with Crippen LogP contribution in [0.1, 0.15) is 24.3 Å². The van der Waals surface area contributed by atoms with Gasteiger partial charge in [0.2, 0.25) is 0 Å². The molecule has 2 aromatic heterocycles. The summed E-state index contributed by atoms with van der Waals surface area (Å²) in [6, 6.07) is 6.43. The van der Waals surface area contributed by atoms with E-state index in [4.69, 9.17) is 21.1 Å². The lowest BCUT2D eigenvalue weighted by atomic mass is 10.2. The highest BCUT2D eigenvalue weighted by atomic mass is 35.5. The third-order valence-electron chi connectivity index (χ3n) is 3.88. The maximum absolute atomic E-state index is 13.2. The Labute approximate surface area is 175 Å². The number of benzene rings is 1. The minimum absolute atomic E-state index is 0.0158. The highest BCUT2D eigenvalue weighted by Crippen LogP contribution is 2.30. The van der Waals surface area contributed by atoms with Crippen LogP contribution in [0.25, 0.3) is 16.5 Å². The van der Waals surface area contributed by atoms with E-state index in [0.717, 1.165) is 16.0 Å². The maximum Gasteiger partial charge on any atom is 0.359 e. The molecule has 2 heterocycles. The molecule has 0 aliphatic carbocycles. The average molecular weight is 436 g/mol. The topological polar surface area (TPSA) is 99.5 Å². The molecule has 152 valence electrons. The van der Waals surface area contributed by atoms with Crippen molar-refractivity contribution in [3.05, 3.63) is 50.7 Å². The molecule has 0 atom stereocenters. The second kappa shape index (κ2) is 9.17. The largest absolute Gasteiger partial charge is 0.461 e. The number of esters is 1. The summed E-state index contributed by atoms with van der Waals surface area (Å²) in [6.45, 7) is 3.85. The maximum atomic E-state index is 13.2. The molecule has 1 amide bonds. The quantitative estimate of drug-likeness (QED) is 0.572. The fraction of sp³-hybridized carbons (Fsp3) is 0.263. The normalized spacial score (nSPS) is 10.9. The number of thiophene rings is 1. The highest BCUT2D eigenvalue weighted by Gasteiger charge is 2.23. The van der Waals surface area contributed by atoms with Crippen molar-refractivity contribution < 1.29 is 19.1 Å². The van der Waals surface area contributed by atoms with Crippen molar-refractivity contribution in [1.82, 2.24) is 9.78 Å². The van der Waals surface area contributed by atoms with Crippen molar-refractivity contribution in [1.29, 1.82) is 0 Å². The van der Waals surface area contributed by atoms with Gasteiger partial charge in [0.05, 0.1) is 17.7 Å². The van der Waals surface area contributed by atoms with Crippen LogP contribution in [0.15, 0.2) is 34.4 Å². The second-order valence-electron chi connectivity index (χ2n) is 5.80. The number of amides is 1. The highest BCUT2D eigenvalue weighted by molar-refractivity contribution is 7.16. The molecule has 1 aromatic carbocycles. The lowest BCUT2D eigenvalue weighted by Gasteiger charge is -2.10. The van der Waals surface area contributed by atoms with Crippen molar-refractivity contribution in [2.45, 2.75) is 13.8 Å². The van der Waals surface area contributed by atoms with E-state index >= 15 is 0 Å². The van der Waals surface area contributed by atoms with E-state index in [0.29, 0.717) is 27.7 Å². The summed E-state index contributed by atoms with van der Waals surface area (Å²) in [4.78, 5) is 37.7. The number of carbonyl (C=O) groups is 2. The number of carbonyl (C=O) groups excluding carboxylic acids is 2. The summed E-state index contributed by atoms with van der Waals surface area (Å²) >= 11 is 7.05. The molecule has 0 bridgehead atoms. The molecule has 0 aliphatic rings. The number of halogens is 1. The lowest BCUT2D eigenvalue weighted by Crippen LogP contribution is -2.26. The van der Waals surface area contributed by atoms with E-state index in [1.54, 1.807) is 43.5 Å². The van der Waals surface area contributed by atoms with Gasteiger partial charge in [0.15, 0.2) is 5.69 Å². The first kappa shape index (κ1) is 21.0. The molecular formula is C19H18ClN3O5S. The lowest BCUT2D eigenvalue weighted by molar-refractivity contribution is -0.120. The van der Waals surface area contributed by atoms with Gasteiger partial charge in [-0.05, 0) is 38.1 Å². The van der Waals surface area contributed by atoms with E-state index < -0.39 is 17.4 Å². The Morgan fingerprint density at radius 2 is 1.93 bits per heavy atom. The molecule has 1 N–H and O–H groups in total.